The van der Waals surface area contributed by atoms with Gasteiger partial charge in [0, 0.05) is 36.1 Å². The van der Waals surface area contributed by atoms with Gasteiger partial charge >= 0.3 is 5.97 Å². The van der Waals surface area contributed by atoms with Crippen LogP contribution in [0.1, 0.15) is 57.7 Å². The number of fused-ring (bicyclic) bond motifs is 1. The van der Waals surface area contributed by atoms with Crippen LogP contribution in [0.15, 0.2) is 83.4 Å². The molecule has 0 bridgehead atoms. The average Bonchev–Trinajstić information content (AvgIpc) is 3.63. The minimum absolute atomic E-state index is 0.0932. The number of carbonyl (C=O) groups is 4. The molecule has 220 valence electrons. The van der Waals surface area contributed by atoms with Crippen molar-refractivity contribution in [3.05, 3.63) is 107 Å². The molecule has 3 aromatic carbocycles. The van der Waals surface area contributed by atoms with Gasteiger partial charge in [0.1, 0.15) is 5.76 Å². The molecule has 0 aliphatic carbocycles. The second-order valence-electron chi connectivity index (χ2n) is 10.3. The highest BCUT2D eigenvalue weighted by molar-refractivity contribution is 5.98. The maximum atomic E-state index is 12.8. The summed E-state index contributed by atoms with van der Waals surface area (Å²) in [6, 6.07) is 22.7. The van der Waals surface area contributed by atoms with E-state index < -0.39 is 17.9 Å². The summed E-state index contributed by atoms with van der Waals surface area (Å²) in [6.07, 6.45) is 0.157. The maximum Gasteiger partial charge on any atom is 0.303 e. The van der Waals surface area contributed by atoms with Crippen LogP contribution >= 0.6 is 0 Å². The van der Waals surface area contributed by atoms with Crippen LogP contribution in [-0.2, 0) is 20.8 Å². The van der Waals surface area contributed by atoms with Crippen molar-refractivity contribution in [3.63, 3.8) is 0 Å². The lowest BCUT2D eigenvalue weighted by Gasteiger charge is -2.18. The second-order valence-corrected chi connectivity index (χ2v) is 10.3. The Balaban J connectivity index is 1.15. The van der Waals surface area contributed by atoms with Crippen LogP contribution in [0.2, 0.25) is 0 Å². The van der Waals surface area contributed by atoms with E-state index in [0.717, 1.165) is 16.8 Å². The van der Waals surface area contributed by atoms with Crippen molar-refractivity contribution >= 4 is 40.8 Å². The number of hydrogen-bond donors (Lipinski definition) is 5. The van der Waals surface area contributed by atoms with Gasteiger partial charge in [-0.15, -0.1) is 0 Å². The number of aryl methyl sites for hydroxylation is 1. The van der Waals surface area contributed by atoms with Crippen molar-refractivity contribution < 1.29 is 28.8 Å². The number of hydrogen-bond acceptors (Lipinski definition) is 7. The topological polar surface area (TPSA) is 163 Å². The van der Waals surface area contributed by atoms with Gasteiger partial charge in [0.25, 0.3) is 5.91 Å². The van der Waals surface area contributed by atoms with Crippen molar-refractivity contribution in [1.82, 2.24) is 10.5 Å². The molecule has 5 N–H and O–H groups in total. The summed E-state index contributed by atoms with van der Waals surface area (Å²) in [7, 11) is 0. The van der Waals surface area contributed by atoms with Crippen molar-refractivity contribution in [3.8, 4) is 0 Å². The van der Waals surface area contributed by atoms with E-state index in [1.54, 1.807) is 55.5 Å². The van der Waals surface area contributed by atoms with E-state index in [4.69, 9.17) is 9.63 Å². The molecule has 0 spiro atoms. The molecule has 2 heterocycles. The van der Waals surface area contributed by atoms with Crippen molar-refractivity contribution in [2.24, 2.45) is 0 Å². The van der Waals surface area contributed by atoms with Crippen molar-refractivity contribution in [2.75, 3.05) is 22.5 Å². The van der Waals surface area contributed by atoms with Gasteiger partial charge in [-0.1, -0.05) is 47.6 Å². The van der Waals surface area contributed by atoms with E-state index in [0.29, 0.717) is 29.2 Å². The predicted octanol–water partition coefficient (Wildman–Crippen LogP) is 4.65. The average molecular weight is 582 g/mol. The molecule has 43 heavy (non-hydrogen) atoms. The van der Waals surface area contributed by atoms with E-state index >= 15 is 0 Å². The van der Waals surface area contributed by atoms with Crippen LogP contribution in [-0.4, -0.2) is 40.5 Å². The molecule has 1 aromatic heterocycles. The number of amides is 3. The van der Waals surface area contributed by atoms with Gasteiger partial charge in [-0.05, 0) is 60.4 Å². The van der Waals surface area contributed by atoms with Crippen LogP contribution in [0.25, 0.3) is 0 Å². The lowest BCUT2D eigenvalue weighted by atomic mass is 10.0. The number of carboxylic acids is 1. The first-order valence-electron chi connectivity index (χ1n) is 13.8. The standard InChI is InChI=1S/C32H31N5O6/c1-19-16-28(37-43-19)32(42)36-26(14-15-30(39)40)21-8-12-22(13-9-21)34-29(38)17-20-6-10-23(11-7-20)35-31(41)25-18-33-27-5-3-2-4-24(25)27/h2-13,16,25-26,33H,14-15,17-18H2,1H3,(H,34,38)(H,35,41)(H,36,42)(H,39,40). The minimum Gasteiger partial charge on any atom is -0.481 e. The first-order valence-corrected chi connectivity index (χ1v) is 13.8. The van der Waals surface area contributed by atoms with Gasteiger partial charge in [-0.3, -0.25) is 19.2 Å². The number of anilines is 3. The monoisotopic (exact) mass is 581 g/mol. The molecule has 1 aliphatic rings. The van der Waals surface area contributed by atoms with Crippen LogP contribution in [0.5, 0.6) is 0 Å². The van der Waals surface area contributed by atoms with Gasteiger partial charge in [-0.2, -0.15) is 0 Å². The molecule has 4 aromatic rings. The summed E-state index contributed by atoms with van der Waals surface area (Å²) in [5.74, 6) is -1.56. The molecule has 5 rings (SSSR count). The Morgan fingerprint density at radius 3 is 2.37 bits per heavy atom. The zero-order valence-electron chi connectivity index (χ0n) is 23.4. The number of aromatic nitrogens is 1. The molecule has 2 atom stereocenters. The third-order valence-corrected chi connectivity index (χ3v) is 7.15. The highest BCUT2D eigenvalue weighted by Gasteiger charge is 2.28. The number of benzene rings is 3. The molecule has 11 nitrogen and oxygen atoms in total. The largest absolute Gasteiger partial charge is 0.481 e. The first-order chi connectivity index (χ1) is 20.7. The highest BCUT2D eigenvalue weighted by atomic mass is 16.5. The first kappa shape index (κ1) is 29.1. The SMILES string of the molecule is Cc1cc(C(=O)NC(CCC(=O)O)c2ccc(NC(=O)Cc3ccc(NC(=O)C4CNc5ccccc54)cc3)cc2)no1. The Morgan fingerprint density at radius 2 is 1.67 bits per heavy atom. The molecule has 3 amide bonds. The summed E-state index contributed by atoms with van der Waals surface area (Å²) in [5, 5.41) is 24.7. The fourth-order valence-electron chi connectivity index (χ4n) is 4.94. The Bertz CT molecular complexity index is 1630. The van der Waals surface area contributed by atoms with E-state index in [2.05, 4.69) is 26.4 Å². The third-order valence-electron chi connectivity index (χ3n) is 7.15. The van der Waals surface area contributed by atoms with E-state index in [-0.39, 0.29) is 42.7 Å². The molecule has 0 saturated heterocycles. The van der Waals surface area contributed by atoms with Crippen LogP contribution < -0.4 is 21.3 Å². The minimum atomic E-state index is -0.979. The zero-order valence-corrected chi connectivity index (χ0v) is 23.4. The fourth-order valence-corrected chi connectivity index (χ4v) is 4.94. The van der Waals surface area contributed by atoms with Gasteiger partial charge in [-0.25, -0.2) is 0 Å². The summed E-state index contributed by atoms with van der Waals surface area (Å²) in [4.78, 5) is 49.3. The second kappa shape index (κ2) is 13.0. The Kier molecular flexibility index (Phi) is 8.80. The fraction of sp³-hybridized carbons (Fsp3) is 0.219. The third kappa shape index (κ3) is 7.45. The zero-order chi connectivity index (χ0) is 30.3. The van der Waals surface area contributed by atoms with Crippen LogP contribution in [0.3, 0.4) is 0 Å². The number of carboxylic acid groups (broad SMARTS) is 1. The van der Waals surface area contributed by atoms with E-state index in [1.807, 2.05) is 24.3 Å². The van der Waals surface area contributed by atoms with Gasteiger partial charge < -0.3 is 30.9 Å². The summed E-state index contributed by atoms with van der Waals surface area (Å²) >= 11 is 0. The number of para-hydroxylation sites is 1. The lowest BCUT2D eigenvalue weighted by Crippen LogP contribution is -2.29. The van der Waals surface area contributed by atoms with Crippen molar-refractivity contribution in [1.29, 1.82) is 0 Å². The molecule has 0 saturated carbocycles. The molecular weight excluding hydrogens is 550 g/mol. The summed E-state index contributed by atoms with van der Waals surface area (Å²) in [5.41, 5.74) is 4.72. The quantitative estimate of drug-likeness (QED) is 0.171. The normalized spacial score (nSPS) is 14.2. The lowest BCUT2D eigenvalue weighted by molar-refractivity contribution is -0.137. The molecular formula is C32H31N5O6. The highest BCUT2D eigenvalue weighted by Crippen LogP contribution is 2.32. The smallest absolute Gasteiger partial charge is 0.303 e. The number of nitrogens with zero attached hydrogens (tertiary/aromatic N) is 1. The number of rotatable bonds is 11. The van der Waals surface area contributed by atoms with Gasteiger partial charge in [0.05, 0.1) is 18.4 Å². The summed E-state index contributed by atoms with van der Waals surface area (Å²) in [6.45, 7) is 2.22. The summed E-state index contributed by atoms with van der Waals surface area (Å²) < 4.78 is 4.95. The molecule has 1 aliphatic heterocycles. The van der Waals surface area contributed by atoms with Gasteiger partial charge in [0.2, 0.25) is 11.8 Å². The molecule has 11 heteroatoms. The molecule has 0 fully saturated rings. The van der Waals surface area contributed by atoms with Crippen LogP contribution in [0.4, 0.5) is 17.1 Å². The number of carbonyl (C=O) groups excluding carboxylic acids is 3. The number of nitrogens with one attached hydrogen (secondary N) is 4. The predicted molar refractivity (Wildman–Crippen MR) is 160 cm³/mol. The maximum absolute atomic E-state index is 12.8. The Labute approximate surface area is 247 Å². The van der Waals surface area contributed by atoms with Crippen molar-refractivity contribution in [2.45, 2.75) is 38.1 Å². The Hall–Kier alpha value is -5.45. The van der Waals surface area contributed by atoms with Crippen LogP contribution in [0, 0.1) is 6.92 Å². The number of aliphatic carboxylic acids is 1. The van der Waals surface area contributed by atoms with Gasteiger partial charge in [0.15, 0.2) is 5.69 Å². The molecule has 0 radical (unpaired) electrons. The van der Waals surface area contributed by atoms with E-state index in [9.17, 15) is 19.2 Å². The Morgan fingerprint density at radius 1 is 0.977 bits per heavy atom. The molecule has 2 unspecified atom stereocenters. The van der Waals surface area contributed by atoms with E-state index in [1.165, 1.54) is 6.07 Å².